The molecule has 0 spiro atoms. The molecule has 0 bridgehead atoms. The molecule has 35 heavy (non-hydrogen) atoms. The lowest BCUT2D eigenvalue weighted by Crippen LogP contribution is -2.50. The summed E-state index contributed by atoms with van der Waals surface area (Å²) in [7, 11) is 1.82. The quantitative estimate of drug-likeness (QED) is 0.367. The average molecular weight is 515 g/mol. The van der Waals surface area contributed by atoms with Crippen molar-refractivity contribution in [3.8, 4) is 11.3 Å². The Morgan fingerprint density at radius 2 is 1.97 bits per heavy atom. The molecule has 10 heteroatoms. The van der Waals surface area contributed by atoms with Crippen LogP contribution in [0.25, 0.3) is 11.3 Å². The summed E-state index contributed by atoms with van der Waals surface area (Å²) in [6.45, 7) is 0.577. The lowest BCUT2D eigenvalue weighted by Gasteiger charge is -2.28. The van der Waals surface area contributed by atoms with E-state index in [1.165, 1.54) is 16.2 Å². The molecule has 1 unspecified atom stereocenters. The summed E-state index contributed by atoms with van der Waals surface area (Å²) in [5.74, 6) is -1.49. The number of nitrogens with zero attached hydrogens (tertiary/aromatic N) is 2. The Hall–Kier alpha value is -2.98. The van der Waals surface area contributed by atoms with Crippen LogP contribution in [0.2, 0.25) is 5.02 Å². The van der Waals surface area contributed by atoms with Crippen molar-refractivity contribution in [3.05, 3.63) is 70.1 Å². The van der Waals surface area contributed by atoms with Crippen LogP contribution < -0.4 is 10.6 Å². The summed E-state index contributed by atoms with van der Waals surface area (Å²) in [6.07, 6.45) is -2.26. The van der Waals surface area contributed by atoms with Gasteiger partial charge in [-0.2, -0.15) is 0 Å². The highest BCUT2D eigenvalue weighted by atomic mass is 35.5. The number of carbonyl (C=O) groups excluding carboxylic acids is 2. The van der Waals surface area contributed by atoms with E-state index in [0.29, 0.717) is 18.0 Å². The van der Waals surface area contributed by atoms with Crippen LogP contribution in [-0.2, 0) is 16.1 Å². The number of likely N-dealkylation sites (tertiary alicyclic amines) is 1. The molecule has 2 heterocycles. The summed E-state index contributed by atoms with van der Waals surface area (Å²) in [5.41, 5.74) is 3.46. The van der Waals surface area contributed by atoms with Gasteiger partial charge in [-0.3, -0.25) is 9.59 Å². The van der Waals surface area contributed by atoms with Gasteiger partial charge in [0.25, 0.3) is 11.8 Å². The number of halogens is 1. The van der Waals surface area contributed by atoms with Crippen LogP contribution in [0.1, 0.15) is 30.0 Å². The van der Waals surface area contributed by atoms with E-state index < -0.39 is 24.0 Å². The van der Waals surface area contributed by atoms with E-state index in [-0.39, 0.29) is 12.6 Å². The lowest BCUT2D eigenvalue weighted by molar-refractivity contribution is -0.153. The molecule has 2 amide bonds. The van der Waals surface area contributed by atoms with Crippen molar-refractivity contribution in [3.63, 3.8) is 0 Å². The van der Waals surface area contributed by atoms with Crippen LogP contribution in [0.4, 0.5) is 5.13 Å². The van der Waals surface area contributed by atoms with Crippen molar-refractivity contribution in [1.29, 1.82) is 0 Å². The van der Waals surface area contributed by atoms with Crippen molar-refractivity contribution in [1.82, 2.24) is 15.2 Å². The summed E-state index contributed by atoms with van der Waals surface area (Å²) in [6, 6.07) is 14.4. The highest BCUT2D eigenvalue weighted by Gasteiger charge is 2.38. The van der Waals surface area contributed by atoms with Crippen molar-refractivity contribution in [2.75, 3.05) is 18.9 Å². The molecule has 3 aromatic rings. The molecule has 184 valence electrons. The van der Waals surface area contributed by atoms with Gasteiger partial charge in [-0.05, 0) is 36.1 Å². The van der Waals surface area contributed by atoms with E-state index in [0.717, 1.165) is 33.9 Å². The highest BCUT2D eigenvalue weighted by molar-refractivity contribution is 7.14. The first-order valence-corrected chi connectivity index (χ1v) is 12.6. The second-order valence-electron chi connectivity index (χ2n) is 8.34. The third-order valence-corrected chi connectivity index (χ3v) is 7.12. The summed E-state index contributed by atoms with van der Waals surface area (Å²) in [5, 5.41) is 29.8. The number of carbonyl (C=O) groups is 2. The van der Waals surface area contributed by atoms with Gasteiger partial charge in [-0.1, -0.05) is 48.0 Å². The van der Waals surface area contributed by atoms with Crippen LogP contribution in [-0.4, -0.2) is 57.7 Å². The van der Waals surface area contributed by atoms with Gasteiger partial charge < -0.3 is 25.7 Å². The molecule has 1 aromatic heterocycles. The number of hydrogen-bond donors (Lipinski definition) is 4. The lowest BCUT2D eigenvalue weighted by atomic mass is 10.0. The van der Waals surface area contributed by atoms with Crippen LogP contribution in [0.3, 0.4) is 0 Å². The van der Waals surface area contributed by atoms with E-state index in [9.17, 15) is 19.8 Å². The van der Waals surface area contributed by atoms with E-state index in [1.807, 2.05) is 42.8 Å². The first-order valence-electron chi connectivity index (χ1n) is 11.3. The number of amides is 2. The van der Waals surface area contributed by atoms with Gasteiger partial charge in [0.1, 0.15) is 0 Å². The van der Waals surface area contributed by atoms with Gasteiger partial charge in [0, 0.05) is 36.1 Å². The molecule has 1 fully saturated rings. The number of aromatic nitrogens is 1. The number of nitrogens with one attached hydrogen (secondary N) is 2. The normalized spacial score (nSPS) is 17.1. The first-order chi connectivity index (χ1) is 16.9. The molecule has 8 nitrogen and oxygen atoms in total. The summed E-state index contributed by atoms with van der Waals surface area (Å²) >= 11 is 7.60. The minimum Gasteiger partial charge on any atom is -0.380 e. The Morgan fingerprint density at radius 3 is 2.66 bits per heavy atom. The third-order valence-electron chi connectivity index (χ3n) is 6.02. The Kier molecular flexibility index (Phi) is 8.02. The average Bonchev–Trinajstić information content (AvgIpc) is 3.56. The van der Waals surface area contributed by atoms with Crippen LogP contribution >= 0.6 is 22.9 Å². The maximum absolute atomic E-state index is 12.9. The Labute approximate surface area is 212 Å². The second kappa shape index (κ2) is 11.2. The monoisotopic (exact) mass is 514 g/mol. The van der Waals surface area contributed by atoms with Crippen LogP contribution in [0.5, 0.6) is 0 Å². The van der Waals surface area contributed by atoms with Gasteiger partial charge in [0.2, 0.25) is 0 Å². The zero-order valence-electron chi connectivity index (χ0n) is 19.1. The first kappa shape index (κ1) is 25.1. The predicted octanol–water partition coefficient (Wildman–Crippen LogP) is 3.21. The molecule has 3 atom stereocenters. The molecule has 4 rings (SSSR count). The van der Waals surface area contributed by atoms with E-state index in [4.69, 9.17) is 11.6 Å². The molecule has 0 aliphatic carbocycles. The molecular formula is C25H27ClN4O4S. The fourth-order valence-electron chi connectivity index (χ4n) is 4.15. The van der Waals surface area contributed by atoms with Crippen molar-refractivity contribution in [2.24, 2.45) is 0 Å². The topological polar surface area (TPSA) is 115 Å². The number of benzene rings is 2. The van der Waals surface area contributed by atoms with Gasteiger partial charge in [0.15, 0.2) is 17.3 Å². The van der Waals surface area contributed by atoms with Gasteiger partial charge in [-0.15, -0.1) is 11.3 Å². The maximum atomic E-state index is 12.9. The fraction of sp³-hybridized carbons (Fsp3) is 0.320. The third kappa shape index (κ3) is 5.82. The molecule has 1 saturated heterocycles. The molecule has 2 aromatic carbocycles. The van der Waals surface area contributed by atoms with E-state index >= 15 is 0 Å². The standard InChI is InChI=1S/C25H27ClN4O4S/c1-27-25-29-19(14-35-25)16-9-7-15(8-10-16)13-28-23(33)21(31)22(32)24(34)30-11-3-6-20(30)17-4-2-5-18(26)12-17/h2,4-5,7-10,12,14,20-22,31-32H,3,6,11,13H2,1H3,(H,27,29)(H,28,33)/t20?,21-,22-/m1/s1. The van der Waals surface area contributed by atoms with Crippen LogP contribution in [0, 0.1) is 0 Å². The molecule has 1 aliphatic rings. The largest absolute Gasteiger partial charge is 0.380 e. The van der Waals surface area contributed by atoms with Gasteiger partial charge in [0.05, 0.1) is 11.7 Å². The summed E-state index contributed by atoms with van der Waals surface area (Å²) < 4.78 is 0. The smallest absolute Gasteiger partial charge is 0.255 e. The van der Waals surface area contributed by atoms with E-state index in [2.05, 4.69) is 15.6 Å². The highest BCUT2D eigenvalue weighted by Crippen LogP contribution is 2.33. The zero-order chi connectivity index (χ0) is 24.9. The minimum absolute atomic E-state index is 0.144. The SMILES string of the molecule is CNc1nc(-c2ccc(CNC(=O)[C@H](O)[C@@H](O)C(=O)N3CCCC3c3cccc(Cl)c3)cc2)cs1. The molecule has 4 N–H and O–H groups in total. The molecule has 0 radical (unpaired) electrons. The number of aliphatic hydroxyl groups is 2. The van der Waals surface area contributed by atoms with E-state index in [1.54, 1.807) is 18.2 Å². The molecule has 1 aliphatic heterocycles. The Morgan fingerprint density at radius 1 is 1.20 bits per heavy atom. The van der Waals surface area contributed by atoms with Crippen LogP contribution in [0.15, 0.2) is 53.9 Å². The molecule has 0 saturated carbocycles. The number of hydrogen-bond acceptors (Lipinski definition) is 7. The summed E-state index contributed by atoms with van der Waals surface area (Å²) in [4.78, 5) is 31.4. The minimum atomic E-state index is -1.88. The maximum Gasteiger partial charge on any atom is 0.255 e. The molecular weight excluding hydrogens is 488 g/mol. The Bertz CT molecular complexity index is 1190. The number of thiazole rings is 1. The fourth-order valence-corrected chi connectivity index (χ4v) is 5.03. The second-order valence-corrected chi connectivity index (χ2v) is 9.63. The number of rotatable bonds is 8. The van der Waals surface area contributed by atoms with Gasteiger partial charge in [-0.25, -0.2) is 4.98 Å². The number of anilines is 1. The number of aliphatic hydroxyl groups excluding tert-OH is 2. The van der Waals surface area contributed by atoms with Crippen molar-refractivity contribution >= 4 is 39.9 Å². The predicted molar refractivity (Wildman–Crippen MR) is 136 cm³/mol. The van der Waals surface area contributed by atoms with Gasteiger partial charge >= 0.3 is 0 Å². The Balaban J connectivity index is 1.33. The van der Waals surface area contributed by atoms with Crippen molar-refractivity contribution in [2.45, 2.75) is 37.6 Å². The van der Waals surface area contributed by atoms with Crippen molar-refractivity contribution < 1.29 is 19.8 Å². The zero-order valence-corrected chi connectivity index (χ0v) is 20.7.